The van der Waals surface area contributed by atoms with E-state index in [1.807, 2.05) is 0 Å². The molecule has 2 aromatic heterocycles. The second-order valence-electron chi connectivity index (χ2n) is 7.79. The lowest BCUT2D eigenvalue weighted by Gasteiger charge is -2.27. The van der Waals surface area contributed by atoms with Gasteiger partial charge < -0.3 is 0 Å². The second-order valence-corrected chi connectivity index (χ2v) is 7.79. The number of benzene rings is 1. The third-order valence-electron chi connectivity index (χ3n) is 5.53. The van der Waals surface area contributed by atoms with E-state index in [0.717, 1.165) is 12.2 Å². The number of fused-ring (bicyclic) bond motifs is 1. The van der Waals surface area contributed by atoms with Crippen LogP contribution in [0.2, 0.25) is 0 Å². The molecule has 4 rings (SSSR count). The van der Waals surface area contributed by atoms with E-state index in [1.165, 1.54) is 22.8 Å². The van der Waals surface area contributed by atoms with Crippen molar-refractivity contribution in [2.24, 2.45) is 5.41 Å². The third-order valence-corrected chi connectivity index (χ3v) is 5.53. The molecular weight excluding hydrogens is 314 g/mol. The van der Waals surface area contributed by atoms with Crippen molar-refractivity contribution in [2.75, 3.05) is 13.6 Å². The Hall–Kier alpha value is -2.47. The zero-order chi connectivity index (χ0) is 17.7. The molecule has 2 heterocycles. The Morgan fingerprint density at radius 2 is 2.00 bits per heavy atom. The molecule has 0 radical (unpaired) electrons. The summed E-state index contributed by atoms with van der Waals surface area (Å²) < 4.78 is 1.35. The lowest BCUT2D eigenvalue weighted by molar-refractivity contribution is 0.268. The highest BCUT2D eigenvalue weighted by Crippen LogP contribution is 2.64. The lowest BCUT2D eigenvalue weighted by Crippen LogP contribution is -2.32. The average molecular weight is 337 g/mol. The first-order chi connectivity index (χ1) is 11.9. The van der Waals surface area contributed by atoms with E-state index < -0.39 is 0 Å². The summed E-state index contributed by atoms with van der Waals surface area (Å²) in [5, 5.41) is 2.77. The molecule has 1 fully saturated rings. The van der Waals surface area contributed by atoms with Gasteiger partial charge in [-0.05, 0) is 24.4 Å². The topological polar surface area (TPSA) is 66.3 Å². The first-order valence-corrected chi connectivity index (χ1v) is 8.57. The largest absolute Gasteiger partial charge is 0.300 e. The normalized spacial score (nSPS) is 21.8. The monoisotopic (exact) mass is 337 g/mol. The van der Waals surface area contributed by atoms with Crippen molar-refractivity contribution < 1.29 is 0 Å². The number of aromatic nitrogens is 4. The van der Waals surface area contributed by atoms with Crippen LogP contribution in [0.4, 0.5) is 0 Å². The molecule has 6 nitrogen and oxygen atoms in total. The van der Waals surface area contributed by atoms with Crippen LogP contribution in [0.15, 0.2) is 47.5 Å². The number of hydrogen-bond acceptors (Lipinski definition) is 4. The summed E-state index contributed by atoms with van der Waals surface area (Å²) in [6.45, 7) is 6.22. The predicted octanol–water partition coefficient (Wildman–Crippen LogP) is 2.22. The quantitative estimate of drug-likeness (QED) is 0.775. The van der Waals surface area contributed by atoms with E-state index in [4.69, 9.17) is 0 Å². The molecular formula is C19H23N5O. The fourth-order valence-electron chi connectivity index (χ4n) is 4.06. The molecule has 6 heteroatoms. The smallest absolute Gasteiger partial charge is 0.274 e. The minimum Gasteiger partial charge on any atom is -0.300 e. The van der Waals surface area contributed by atoms with Crippen LogP contribution in [0.25, 0.3) is 5.78 Å². The van der Waals surface area contributed by atoms with Gasteiger partial charge in [0.05, 0.1) is 5.69 Å². The van der Waals surface area contributed by atoms with Crippen LogP contribution in [0.5, 0.6) is 0 Å². The molecule has 1 N–H and O–H groups in total. The number of likely N-dealkylation sites (N-methyl/N-ethyl adjacent to an activating group) is 1. The SMILES string of the molecule is CN(Cc1cc(=O)n2[nH]cnc2n1)C[C@]1(c2ccccc2)CC1(C)C. The van der Waals surface area contributed by atoms with Gasteiger partial charge in [-0.25, -0.2) is 9.97 Å². The van der Waals surface area contributed by atoms with Gasteiger partial charge >= 0.3 is 0 Å². The highest BCUT2D eigenvalue weighted by Gasteiger charge is 2.61. The number of hydrogen-bond donors (Lipinski definition) is 1. The van der Waals surface area contributed by atoms with Gasteiger partial charge in [0.25, 0.3) is 11.3 Å². The zero-order valence-electron chi connectivity index (χ0n) is 14.9. The Balaban J connectivity index is 1.56. The fourth-order valence-corrected chi connectivity index (χ4v) is 4.06. The summed E-state index contributed by atoms with van der Waals surface area (Å²) in [5.74, 6) is 0.417. The summed E-state index contributed by atoms with van der Waals surface area (Å²) in [6.07, 6.45) is 2.65. The summed E-state index contributed by atoms with van der Waals surface area (Å²) in [5.41, 5.74) is 2.45. The molecule has 1 aliphatic rings. The minimum absolute atomic E-state index is 0.129. The van der Waals surface area contributed by atoms with Crippen LogP contribution in [0.3, 0.4) is 0 Å². The molecule has 0 saturated heterocycles. The second kappa shape index (κ2) is 5.52. The van der Waals surface area contributed by atoms with Gasteiger partial charge in [-0.3, -0.25) is 14.8 Å². The van der Waals surface area contributed by atoms with Crippen LogP contribution < -0.4 is 5.56 Å². The summed E-state index contributed by atoms with van der Waals surface area (Å²) >= 11 is 0. The van der Waals surface area contributed by atoms with Crippen LogP contribution in [-0.2, 0) is 12.0 Å². The number of nitrogens with one attached hydrogen (secondary N) is 1. The van der Waals surface area contributed by atoms with Gasteiger partial charge in [-0.15, -0.1) is 0 Å². The highest BCUT2D eigenvalue weighted by molar-refractivity contribution is 5.37. The molecule has 0 bridgehead atoms. The fraction of sp³-hybridized carbons (Fsp3) is 0.421. The van der Waals surface area contributed by atoms with E-state index in [9.17, 15) is 4.79 Å². The van der Waals surface area contributed by atoms with Crippen molar-refractivity contribution in [3.63, 3.8) is 0 Å². The maximum absolute atomic E-state index is 12.1. The Morgan fingerprint density at radius 3 is 2.68 bits per heavy atom. The van der Waals surface area contributed by atoms with E-state index in [-0.39, 0.29) is 16.4 Å². The number of aromatic amines is 1. The molecule has 130 valence electrons. The van der Waals surface area contributed by atoms with Crippen LogP contribution in [0, 0.1) is 5.41 Å². The first kappa shape index (κ1) is 16.0. The van der Waals surface area contributed by atoms with Crippen LogP contribution in [0.1, 0.15) is 31.5 Å². The van der Waals surface area contributed by atoms with Crippen molar-refractivity contribution in [3.05, 3.63) is 64.3 Å². The average Bonchev–Trinajstić information content (AvgIpc) is 2.92. The number of nitrogens with zero attached hydrogens (tertiary/aromatic N) is 4. The molecule has 0 aliphatic heterocycles. The minimum atomic E-state index is -0.129. The van der Waals surface area contributed by atoms with E-state index in [1.54, 1.807) is 6.07 Å². The summed E-state index contributed by atoms with van der Waals surface area (Å²) in [6, 6.07) is 12.3. The van der Waals surface area contributed by atoms with Crippen LogP contribution >= 0.6 is 0 Å². The maximum atomic E-state index is 12.1. The molecule has 1 aliphatic carbocycles. The van der Waals surface area contributed by atoms with Gasteiger partial charge in [-0.1, -0.05) is 44.2 Å². The number of rotatable bonds is 5. The van der Waals surface area contributed by atoms with E-state index in [0.29, 0.717) is 12.3 Å². The van der Waals surface area contributed by atoms with Gasteiger partial charge in [-0.2, -0.15) is 4.52 Å². The van der Waals surface area contributed by atoms with Crippen molar-refractivity contribution in [2.45, 2.75) is 32.2 Å². The van der Waals surface area contributed by atoms with Crippen molar-refractivity contribution in [1.82, 2.24) is 24.5 Å². The van der Waals surface area contributed by atoms with E-state index in [2.05, 4.69) is 71.2 Å². The summed E-state index contributed by atoms with van der Waals surface area (Å²) in [7, 11) is 2.09. The standard InChI is InChI=1S/C19H23N5O/c1-18(2)11-19(18,14-7-5-4-6-8-14)12-23(3)10-15-9-16(25)24-17(22-15)20-13-21-24/h4-9,13H,10-12H2,1-3H3,(H,20,21,22)/t19-/m0/s1. The Kier molecular flexibility index (Phi) is 3.54. The van der Waals surface area contributed by atoms with Gasteiger partial charge in [0.15, 0.2) is 0 Å². The molecule has 0 unspecified atom stereocenters. The zero-order valence-corrected chi connectivity index (χ0v) is 14.9. The molecule has 3 aromatic rings. The molecule has 1 saturated carbocycles. The van der Waals surface area contributed by atoms with Crippen molar-refractivity contribution in [3.8, 4) is 0 Å². The van der Waals surface area contributed by atoms with E-state index >= 15 is 0 Å². The van der Waals surface area contributed by atoms with Crippen molar-refractivity contribution in [1.29, 1.82) is 0 Å². The maximum Gasteiger partial charge on any atom is 0.274 e. The molecule has 0 amide bonds. The Labute approximate surface area is 146 Å². The molecule has 1 aromatic carbocycles. The Bertz CT molecular complexity index is 959. The predicted molar refractivity (Wildman–Crippen MR) is 96.5 cm³/mol. The Morgan fingerprint density at radius 1 is 1.28 bits per heavy atom. The third kappa shape index (κ3) is 2.66. The first-order valence-electron chi connectivity index (χ1n) is 8.57. The van der Waals surface area contributed by atoms with Crippen LogP contribution in [-0.4, -0.2) is 38.1 Å². The van der Waals surface area contributed by atoms with Gasteiger partial charge in [0, 0.05) is 24.6 Å². The number of H-pyrrole nitrogens is 1. The highest BCUT2D eigenvalue weighted by atomic mass is 16.1. The molecule has 25 heavy (non-hydrogen) atoms. The molecule has 0 spiro atoms. The van der Waals surface area contributed by atoms with Gasteiger partial charge in [0.2, 0.25) is 0 Å². The van der Waals surface area contributed by atoms with Crippen molar-refractivity contribution >= 4 is 5.78 Å². The molecule has 1 atom stereocenters. The lowest BCUT2D eigenvalue weighted by atomic mass is 9.87. The van der Waals surface area contributed by atoms with Gasteiger partial charge in [0.1, 0.15) is 6.33 Å². The summed E-state index contributed by atoms with van der Waals surface area (Å²) in [4.78, 5) is 22.9.